The number of nitrogens with one attached hydrogen (secondary N) is 1. The van der Waals surface area contributed by atoms with Crippen LogP contribution >= 0.6 is 7.82 Å². The zero-order chi connectivity index (χ0) is 51.3. The first-order valence-corrected chi connectivity index (χ1v) is 30.1. The van der Waals surface area contributed by atoms with Crippen LogP contribution in [0, 0.1) is 0 Å². The van der Waals surface area contributed by atoms with Crippen LogP contribution in [-0.2, 0) is 18.4 Å². The lowest BCUT2D eigenvalue weighted by molar-refractivity contribution is -0.870. The molecule has 0 aromatic rings. The highest BCUT2D eigenvalue weighted by molar-refractivity contribution is 7.45. The molecule has 0 aliphatic carbocycles. The maximum atomic E-state index is 13.0. The largest absolute Gasteiger partial charge is 0.756 e. The lowest BCUT2D eigenvalue weighted by atomic mass is 10.0. The molecule has 8 nitrogen and oxygen atoms in total. The van der Waals surface area contributed by atoms with Crippen LogP contribution in [-0.4, -0.2) is 68.5 Å². The summed E-state index contributed by atoms with van der Waals surface area (Å²) in [5.74, 6) is -0.211. The molecule has 3 atom stereocenters. The molecule has 0 heterocycles. The van der Waals surface area contributed by atoms with Crippen LogP contribution in [0.1, 0.15) is 232 Å². The number of amides is 1. The Kier molecular flexibility index (Phi) is 49.4. The third kappa shape index (κ3) is 53.2. The molecule has 404 valence electrons. The van der Waals surface area contributed by atoms with Crippen molar-refractivity contribution < 1.29 is 32.9 Å². The number of allylic oxidation sites excluding steroid dienone is 15. The summed E-state index contributed by atoms with van der Waals surface area (Å²) in [4.78, 5) is 25.5. The van der Waals surface area contributed by atoms with Crippen molar-refractivity contribution in [3.8, 4) is 0 Å². The van der Waals surface area contributed by atoms with Crippen LogP contribution in [0.2, 0.25) is 0 Å². The molecule has 0 spiro atoms. The average Bonchev–Trinajstić information content (AvgIpc) is 3.32. The number of phosphoric acid groups is 1. The molecule has 0 aromatic carbocycles. The molecule has 2 N–H and O–H groups in total. The molecule has 0 aliphatic rings. The summed E-state index contributed by atoms with van der Waals surface area (Å²) in [6.07, 6.45) is 73.3. The van der Waals surface area contributed by atoms with Gasteiger partial charge in [-0.3, -0.25) is 9.36 Å². The summed E-state index contributed by atoms with van der Waals surface area (Å²) in [7, 11) is 1.24. The minimum atomic E-state index is -4.61. The number of unbranched alkanes of at least 4 members (excludes halogenated alkanes) is 24. The highest BCUT2D eigenvalue weighted by Crippen LogP contribution is 2.38. The van der Waals surface area contributed by atoms with E-state index in [2.05, 4.69) is 104 Å². The standard InChI is InChI=1S/C61H109N2O6P/c1-6-8-10-12-14-16-18-20-22-24-26-27-28-29-30-31-32-33-34-35-37-39-41-43-45-47-49-51-53-55-61(65)62-59(58-69-70(66,67)68-57-56-63(3,4)5)60(64)54-52-50-48-46-44-42-40-38-36-25-23-21-19-17-15-13-11-9-7-2/h8,10,14,16,20,22,26-27,29-30,32-33,35,37,52,54,59-60,64H,6-7,9,11-13,15,17-19,21,23-25,28,31,34,36,38-51,53,55-58H2,1-5H3,(H-,62,65,66,67)/b10-8-,16-14-,22-20-,27-26-,30-29-,33-32-,37-35-,54-52+. The molecule has 0 saturated heterocycles. The van der Waals surface area contributed by atoms with E-state index in [1.54, 1.807) is 6.08 Å². The van der Waals surface area contributed by atoms with Crippen LogP contribution in [0.15, 0.2) is 97.2 Å². The van der Waals surface area contributed by atoms with Crippen molar-refractivity contribution in [3.05, 3.63) is 97.2 Å². The van der Waals surface area contributed by atoms with Gasteiger partial charge in [0, 0.05) is 6.42 Å². The molecule has 1 amide bonds. The van der Waals surface area contributed by atoms with E-state index in [-0.39, 0.29) is 19.1 Å². The van der Waals surface area contributed by atoms with Gasteiger partial charge in [-0.2, -0.15) is 0 Å². The normalized spacial score (nSPS) is 14.7. The van der Waals surface area contributed by atoms with Crippen LogP contribution in [0.4, 0.5) is 0 Å². The molecule has 0 saturated carbocycles. The second-order valence-corrected chi connectivity index (χ2v) is 21.7. The van der Waals surface area contributed by atoms with Crippen molar-refractivity contribution in [1.82, 2.24) is 5.32 Å². The highest BCUT2D eigenvalue weighted by Gasteiger charge is 2.23. The monoisotopic (exact) mass is 997 g/mol. The number of hydrogen-bond acceptors (Lipinski definition) is 6. The summed E-state index contributed by atoms with van der Waals surface area (Å²) in [6, 6.07) is -0.900. The Morgan fingerprint density at radius 3 is 1.27 bits per heavy atom. The highest BCUT2D eigenvalue weighted by atomic mass is 31.2. The van der Waals surface area contributed by atoms with Gasteiger partial charge in [0.2, 0.25) is 5.91 Å². The Labute approximate surface area is 432 Å². The summed E-state index contributed by atoms with van der Waals surface area (Å²) in [5, 5.41) is 13.9. The van der Waals surface area contributed by atoms with Crippen LogP contribution in [0.3, 0.4) is 0 Å². The Morgan fingerprint density at radius 2 is 0.871 bits per heavy atom. The number of carbonyl (C=O) groups is 1. The number of hydrogen-bond donors (Lipinski definition) is 2. The minimum absolute atomic E-state index is 0.00804. The van der Waals surface area contributed by atoms with E-state index in [1.807, 2.05) is 27.2 Å². The number of quaternary nitrogens is 1. The quantitative estimate of drug-likeness (QED) is 0.0272. The van der Waals surface area contributed by atoms with E-state index in [0.29, 0.717) is 17.4 Å². The number of phosphoric ester groups is 1. The second kappa shape index (κ2) is 51.3. The Morgan fingerprint density at radius 1 is 0.514 bits per heavy atom. The number of aliphatic hydroxyl groups excluding tert-OH is 1. The zero-order valence-electron chi connectivity index (χ0n) is 45.9. The molecular weight excluding hydrogens is 888 g/mol. The fourth-order valence-corrected chi connectivity index (χ4v) is 8.56. The van der Waals surface area contributed by atoms with Gasteiger partial charge in [0.15, 0.2) is 0 Å². The molecule has 9 heteroatoms. The molecule has 0 aliphatic heterocycles. The topological polar surface area (TPSA) is 108 Å². The summed E-state index contributed by atoms with van der Waals surface area (Å²) < 4.78 is 23.3. The maximum Gasteiger partial charge on any atom is 0.268 e. The van der Waals surface area contributed by atoms with Crippen molar-refractivity contribution in [1.29, 1.82) is 0 Å². The fraction of sp³-hybridized carbons (Fsp3) is 0.721. The van der Waals surface area contributed by atoms with Crippen molar-refractivity contribution in [3.63, 3.8) is 0 Å². The van der Waals surface area contributed by atoms with E-state index < -0.39 is 20.0 Å². The van der Waals surface area contributed by atoms with Crippen LogP contribution in [0.25, 0.3) is 0 Å². The van der Waals surface area contributed by atoms with Gasteiger partial charge in [-0.25, -0.2) is 0 Å². The smallest absolute Gasteiger partial charge is 0.268 e. The lowest BCUT2D eigenvalue weighted by Gasteiger charge is -2.29. The first-order chi connectivity index (χ1) is 34.0. The van der Waals surface area contributed by atoms with Gasteiger partial charge in [0.1, 0.15) is 13.2 Å². The summed E-state index contributed by atoms with van der Waals surface area (Å²) in [5.41, 5.74) is 0. The number of carbonyl (C=O) groups excluding carboxylic acids is 1. The maximum absolute atomic E-state index is 13.0. The lowest BCUT2D eigenvalue weighted by Crippen LogP contribution is -2.45. The molecular formula is C61H109N2O6P. The molecule has 0 bridgehead atoms. The third-order valence-corrected chi connectivity index (χ3v) is 13.3. The van der Waals surface area contributed by atoms with E-state index in [9.17, 15) is 19.4 Å². The van der Waals surface area contributed by atoms with E-state index in [0.717, 1.165) is 96.3 Å². The third-order valence-electron chi connectivity index (χ3n) is 12.3. The van der Waals surface area contributed by atoms with Gasteiger partial charge in [0.05, 0.1) is 39.9 Å². The fourth-order valence-electron chi connectivity index (χ4n) is 7.84. The van der Waals surface area contributed by atoms with Crippen LogP contribution < -0.4 is 10.2 Å². The molecule has 0 radical (unpaired) electrons. The van der Waals surface area contributed by atoms with Gasteiger partial charge >= 0.3 is 0 Å². The van der Waals surface area contributed by atoms with Gasteiger partial charge in [0.25, 0.3) is 7.82 Å². The Balaban J connectivity index is 4.28. The predicted molar refractivity (Wildman–Crippen MR) is 302 cm³/mol. The van der Waals surface area contributed by atoms with Gasteiger partial charge in [-0.1, -0.05) is 246 Å². The van der Waals surface area contributed by atoms with Crippen molar-refractivity contribution >= 4 is 13.7 Å². The zero-order valence-corrected chi connectivity index (χ0v) is 46.8. The number of likely N-dealkylation sites (N-methyl/N-ethyl adjacent to an activating group) is 1. The van der Waals surface area contributed by atoms with E-state index >= 15 is 0 Å². The Hall–Kier alpha value is -2.58. The first-order valence-electron chi connectivity index (χ1n) is 28.6. The van der Waals surface area contributed by atoms with E-state index in [4.69, 9.17) is 9.05 Å². The van der Waals surface area contributed by atoms with Crippen molar-refractivity contribution in [2.45, 2.75) is 244 Å². The number of nitrogens with zero attached hydrogens (tertiary/aromatic N) is 1. The van der Waals surface area contributed by atoms with Crippen molar-refractivity contribution in [2.24, 2.45) is 0 Å². The van der Waals surface area contributed by atoms with Gasteiger partial charge in [-0.05, 0) is 77.0 Å². The van der Waals surface area contributed by atoms with Gasteiger partial charge < -0.3 is 28.8 Å². The predicted octanol–water partition coefficient (Wildman–Crippen LogP) is 16.8. The minimum Gasteiger partial charge on any atom is -0.756 e. The number of aliphatic hydroxyl groups is 1. The molecule has 0 fully saturated rings. The Bertz CT molecular complexity index is 1460. The number of rotatable bonds is 51. The molecule has 0 rings (SSSR count). The summed E-state index contributed by atoms with van der Waals surface area (Å²) in [6.45, 7) is 4.53. The van der Waals surface area contributed by atoms with E-state index in [1.165, 1.54) is 116 Å². The molecule has 0 aromatic heterocycles. The van der Waals surface area contributed by atoms with Gasteiger partial charge in [-0.15, -0.1) is 0 Å². The summed E-state index contributed by atoms with van der Waals surface area (Å²) >= 11 is 0. The SMILES string of the molecule is CC/C=C\C/C=C\C/C=C\C/C=C\C/C=C\C/C=C\C/C=C\CCCCCCCCCC(=O)NC(COP(=O)([O-])OCC[N+](C)(C)C)C(O)/C=C/CCCCCCCCCCCCCCCCCCC. The molecule has 70 heavy (non-hydrogen) atoms. The first kappa shape index (κ1) is 67.4. The second-order valence-electron chi connectivity index (χ2n) is 20.3. The van der Waals surface area contributed by atoms with Crippen molar-refractivity contribution in [2.75, 3.05) is 40.9 Å². The van der Waals surface area contributed by atoms with Crippen LogP contribution in [0.5, 0.6) is 0 Å². The average molecular weight is 998 g/mol. The molecule has 3 unspecified atom stereocenters.